The largest absolute Gasteiger partial charge is 0.399 e. The Kier molecular flexibility index (Phi) is 3.44. The number of anilines is 2. The van der Waals surface area contributed by atoms with Crippen LogP contribution in [-0.2, 0) is 10.0 Å². The molecular weight excluding hydrogens is 267 g/mol. The van der Waals surface area contributed by atoms with E-state index in [2.05, 4.69) is 4.72 Å². The first-order chi connectivity index (χ1) is 8.88. The first-order valence-corrected chi connectivity index (χ1v) is 7.01. The summed E-state index contributed by atoms with van der Waals surface area (Å²) in [7, 11) is -3.81. The Balaban J connectivity index is 2.37. The number of rotatable bonds is 3. The molecule has 0 saturated carbocycles. The SMILES string of the molecule is Cc1ccc(F)cc1S(=O)(=O)Nc1ccc(N)cc1. The molecule has 0 bridgehead atoms. The zero-order chi connectivity index (χ0) is 14.0. The van der Waals surface area contributed by atoms with Crippen LogP contribution in [0.4, 0.5) is 15.8 Å². The first-order valence-electron chi connectivity index (χ1n) is 5.53. The number of hydrogen-bond acceptors (Lipinski definition) is 3. The van der Waals surface area contributed by atoms with Crippen LogP contribution >= 0.6 is 0 Å². The van der Waals surface area contributed by atoms with E-state index in [1.165, 1.54) is 12.1 Å². The number of nitrogens with one attached hydrogen (secondary N) is 1. The molecule has 0 fully saturated rings. The van der Waals surface area contributed by atoms with Gasteiger partial charge in [-0.15, -0.1) is 0 Å². The number of aryl methyl sites for hydroxylation is 1. The average molecular weight is 280 g/mol. The van der Waals surface area contributed by atoms with Crippen molar-refractivity contribution in [1.82, 2.24) is 0 Å². The summed E-state index contributed by atoms with van der Waals surface area (Å²) in [5, 5.41) is 0. The fourth-order valence-corrected chi connectivity index (χ4v) is 2.94. The van der Waals surface area contributed by atoms with Crippen LogP contribution in [0.2, 0.25) is 0 Å². The highest BCUT2D eigenvalue weighted by molar-refractivity contribution is 7.92. The van der Waals surface area contributed by atoms with E-state index in [1.807, 2.05) is 0 Å². The Morgan fingerprint density at radius 1 is 1.11 bits per heavy atom. The van der Waals surface area contributed by atoms with E-state index in [9.17, 15) is 12.8 Å². The molecule has 2 rings (SSSR count). The summed E-state index contributed by atoms with van der Waals surface area (Å²) in [6.45, 7) is 1.61. The molecule has 0 aliphatic rings. The molecule has 6 heteroatoms. The lowest BCUT2D eigenvalue weighted by Crippen LogP contribution is -2.14. The predicted molar refractivity (Wildman–Crippen MR) is 72.8 cm³/mol. The van der Waals surface area contributed by atoms with Gasteiger partial charge in [0.2, 0.25) is 0 Å². The zero-order valence-corrected chi connectivity index (χ0v) is 11.0. The van der Waals surface area contributed by atoms with Gasteiger partial charge in [-0.05, 0) is 48.9 Å². The molecule has 2 aromatic carbocycles. The lowest BCUT2D eigenvalue weighted by molar-refractivity contribution is 0.594. The maximum absolute atomic E-state index is 13.2. The summed E-state index contributed by atoms with van der Waals surface area (Å²) in [6, 6.07) is 9.88. The molecule has 100 valence electrons. The van der Waals surface area contributed by atoms with Crippen LogP contribution in [0.1, 0.15) is 5.56 Å². The molecule has 0 radical (unpaired) electrons. The highest BCUT2D eigenvalue weighted by atomic mass is 32.2. The molecule has 0 atom stereocenters. The molecule has 0 heterocycles. The van der Waals surface area contributed by atoms with Crippen molar-refractivity contribution >= 4 is 21.4 Å². The lowest BCUT2D eigenvalue weighted by atomic mass is 10.2. The van der Waals surface area contributed by atoms with Crippen LogP contribution in [-0.4, -0.2) is 8.42 Å². The molecule has 19 heavy (non-hydrogen) atoms. The quantitative estimate of drug-likeness (QED) is 0.848. The van der Waals surface area contributed by atoms with Gasteiger partial charge in [0, 0.05) is 11.4 Å². The summed E-state index contributed by atoms with van der Waals surface area (Å²) in [4.78, 5) is -0.0793. The maximum Gasteiger partial charge on any atom is 0.262 e. The summed E-state index contributed by atoms with van der Waals surface area (Å²) < 4.78 is 39.8. The molecule has 2 aromatic rings. The van der Waals surface area contributed by atoms with Crippen molar-refractivity contribution in [3.05, 3.63) is 53.8 Å². The fourth-order valence-electron chi connectivity index (χ4n) is 1.62. The molecule has 0 aliphatic carbocycles. The van der Waals surface area contributed by atoms with Crippen LogP contribution in [0.3, 0.4) is 0 Å². The van der Waals surface area contributed by atoms with Gasteiger partial charge in [0.15, 0.2) is 0 Å². The van der Waals surface area contributed by atoms with Crippen molar-refractivity contribution in [3.63, 3.8) is 0 Å². The van der Waals surface area contributed by atoms with Crippen molar-refractivity contribution in [2.24, 2.45) is 0 Å². The Hall–Kier alpha value is -2.08. The van der Waals surface area contributed by atoms with E-state index in [4.69, 9.17) is 5.73 Å². The van der Waals surface area contributed by atoms with E-state index < -0.39 is 15.8 Å². The number of hydrogen-bond donors (Lipinski definition) is 2. The third-order valence-electron chi connectivity index (χ3n) is 2.60. The minimum absolute atomic E-state index is 0.0793. The van der Waals surface area contributed by atoms with Gasteiger partial charge in [-0.3, -0.25) is 4.72 Å². The van der Waals surface area contributed by atoms with E-state index >= 15 is 0 Å². The molecule has 0 unspecified atom stereocenters. The number of sulfonamides is 1. The van der Waals surface area contributed by atoms with Gasteiger partial charge in [0.25, 0.3) is 10.0 Å². The molecular formula is C13H13FN2O2S. The predicted octanol–water partition coefficient (Wildman–Crippen LogP) is 2.52. The van der Waals surface area contributed by atoms with E-state index in [0.29, 0.717) is 16.9 Å². The second kappa shape index (κ2) is 4.89. The maximum atomic E-state index is 13.2. The van der Waals surface area contributed by atoms with Gasteiger partial charge in [0.05, 0.1) is 4.90 Å². The van der Waals surface area contributed by atoms with Gasteiger partial charge in [-0.1, -0.05) is 6.07 Å². The molecule has 3 N–H and O–H groups in total. The van der Waals surface area contributed by atoms with Gasteiger partial charge in [-0.25, -0.2) is 12.8 Å². The summed E-state index contributed by atoms with van der Waals surface area (Å²) in [5.74, 6) is -0.594. The number of benzene rings is 2. The molecule has 0 amide bonds. The number of halogens is 1. The second-order valence-electron chi connectivity index (χ2n) is 4.14. The van der Waals surface area contributed by atoms with Crippen molar-refractivity contribution in [3.8, 4) is 0 Å². The number of nitrogen functional groups attached to an aromatic ring is 1. The van der Waals surface area contributed by atoms with Crippen LogP contribution in [0.15, 0.2) is 47.4 Å². The van der Waals surface area contributed by atoms with Crippen LogP contribution in [0, 0.1) is 12.7 Å². The lowest BCUT2D eigenvalue weighted by Gasteiger charge is -2.10. The minimum Gasteiger partial charge on any atom is -0.399 e. The van der Waals surface area contributed by atoms with Crippen molar-refractivity contribution in [1.29, 1.82) is 0 Å². The third kappa shape index (κ3) is 3.03. The van der Waals surface area contributed by atoms with E-state index in [1.54, 1.807) is 31.2 Å². The van der Waals surface area contributed by atoms with Crippen molar-refractivity contribution < 1.29 is 12.8 Å². The standard InChI is InChI=1S/C13H13FN2O2S/c1-9-2-3-10(14)8-13(9)19(17,18)16-12-6-4-11(15)5-7-12/h2-8,16H,15H2,1H3. The summed E-state index contributed by atoms with van der Waals surface area (Å²) in [5.41, 5.74) is 6.90. The Morgan fingerprint density at radius 3 is 2.37 bits per heavy atom. The van der Waals surface area contributed by atoms with Crippen LogP contribution in [0.25, 0.3) is 0 Å². The molecule has 0 aromatic heterocycles. The van der Waals surface area contributed by atoms with Crippen molar-refractivity contribution in [2.75, 3.05) is 10.5 Å². The Morgan fingerprint density at radius 2 is 1.74 bits per heavy atom. The molecule has 0 aliphatic heterocycles. The highest BCUT2D eigenvalue weighted by Crippen LogP contribution is 2.20. The van der Waals surface area contributed by atoms with Crippen LogP contribution in [0.5, 0.6) is 0 Å². The van der Waals surface area contributed by atoms with Crippen molar-refractivity contribution in [2.45, 2.75) is 11.8 Å². The second-order valence-corrected chi connectivity index (χ2v) is 5.79. The zero-order valence-electron chi connectivity index (χ0n) is 10.2. The normalized spacial score (nSPS) is 11.3. The highest BCUT2D eigenvalue weighted by Gasteiger charge is 2.17. The number of nitrogens with two attached hydrogens (primary N) is 1. The summed E-state index contributed by atoms with van der Waals surface area (Å²) >= 11 is 0. The third-order valence-corrected chi connectivity index (χ3v) is 4.13. The minimum atomic E-state index is -3.81. The fraction of sp³-hybridized carbons (Fsp3) is 0.0769. The molecule has 0 saturated heterocycles. The topological polar surface area (TPSA) is 72.2 Å². The Bertz CT molecular complexity index is 697. The van der Waals surface area contributed by atoms with Crippen LogP contribution < -0.4 is 10.5 Å². The summed E-state index contributed by atoms with van der Waals surface area (Å²) in [6.07, 6.45) is 0. The average Bonchev–Trinajstić information content (AvgIpc) is 2.35. The smallest absolute Gasteiger partial charge is 0.262 e. The van der Waals surface area contributed by atoms with Gasteiger partial charge < -0.3 is 5.73 Å². The van der Waals surface area contributed by atoms with Gasteiger partial charge in [-0.2, -0.15) is 0 Å². The van der Waals surface area contributed by atoms with Gasteiger partial charge in [0.1, 0.15) is 5.82 Å². The van der Waals surface area contributed by atoms with Gasteiger partial charge >= 0.3 is 0 Å². The first kappa shape index (κ1) is 13.4. The Labute approximate surface area is 111 Å². The molecule has 0 spiro atoms. The van der Waals surface area contributed by atoms with E-state index in [0.717, 1.165) is 6.07 Å². The monoisotopic (exact) mass is 280 g/mol. The molecule has 4 nitrogen and oxygen atoms in total. The van der Waals surface area contributed by atoms with E-state index in [-0.39, 0.29) is 4.90 Å².